The van der Waals surface area contributed by atoms with Crippen LogP contribution in [0, 0.1) is 0 Å². The number of nitrogens with zero attached hydrogens (tertiary/aromatic N) is 3. The second-order valence-electron chi connectivity index (χ2n) is 7.74. The molecule has 0 radical (unpaired) electrons. The highest BCUT2D eigenvalue weighted by Gasteiger charge is 2.15. The number of ether oxygens (including phenoxy) is 2. The number of aryl methyl sites for hydroxylation is 1. The molecule has 0 spiro atoms. The van der Waals surface area contributed by atoms with Crippen molar-refractivity contribution in [3.63, 3.8) is 0 Å². The van der Waals surface area contributed by atoms with Gasteiger partial charge in [-0.05, 0) is 68.4 Å². The molecule has 8 heteroatoms. The van der Waals surface area contributed by atoms with Gasteiger partial charge in [0, 0.05) is 36.1 Å². The van der Waals surface area contributed by atoms with E-state index in [0.29, 0.717) is 23.1 Å². The molecule has 1 amide bonds. The average molecular weight is 455 g/mol. The van der Waals surface area contributed by atoms with E-state index < -0.39 is 0 Å². The van der Waals surface area contributed by atoms with Crippen molar-refractivity contribution in [2.24, 2.45) is 7.05 Å². The van der Waals surface area contributed by atoms with E-state index >= 15 is 0 Å². The van der Waals surface area contributed by atoms with Crippen LogP contribution < -0.4 is 14.8 Å². The second-order valence-corrected chi connectivity index (χ2v) is 8.18. The van der Waals surface area contributed by atoms with Crippen LogP contribution in [0.15, 0.2) is 54.7 Å². The van der Waals surface area contributed by atoms with Gasteiger partial charge in [-0.15, -0.1) is 0 Å². The van der Waals surface area contributed by atoms with Crippen LogP contribution in [0.2, 0.25) is 5.02 Å². The summed E-state index contributed by atoms with van der Waals surface area (Å²) < 4.78 is 13.4. The van der Waals surface area contributed by atoms with Gasteiger partial charge in [0.1, 0.15) is 18.1 Å². The Morgan fingerprint density at radius 2 is 1.97 bits per heavy atom. The summed E-state index contributed by atoms with van der Waals surface area (Å²) in [5, 5.41) is 7.72. The van der Waals surface area contributed by atoms with E-state index in [2.05, 4.69) is 15.3 Å². The first-order valence-corrected chi connectivity index (χ1v) is 11.1. The molecular weight excluding hydrogens is 428 g/mol. The zero-order valence-corrected chi connectivity index (χ0v) is 18.8. The molecule has 4 rings (SSSR count). The van der Waals surface area contributed by atoms with Crippen LogP contribution in [0.1, 0.15) is 12.8 Å². The predicted octanol–water partition coefficient (Wildman–Crippen LogP) is 4.23. The molecule has 1 N–H and O–H groups in total. The number of amides is 1. The summed E-state index contributed by atoms with van der Waals surface area (Å²) in [5.74, 6) is 1.05. The lowest BCUT2D eigenvalue weighted by Crippen LogP contribution is -2.25. The number of halogens is 1. The lowest BCUT2D eigenvalue weighted by atomic mass is 10.1. The van der Waals surface area contributed by atoms with Crippen LogP contribution in [0.4, 0.5) is 5.69 Å². The molecule has 1 aliphatic rings. The second kappa shape index (κ2) is 10.5. The minimum Gasteiger partial charge on any atom is -0.492 e. The molecule has 32 heavy (non-hydrogen) atoms. The van der Waals surface area contributed by atoms with Crippen molar-refractivity contribution in [3.05, 3.63) is 59.8 Å². The average Bonchev–Trinajstić information content (AvgIpc) is 3.45. The number of likely N-dealkylation sites (tertiary alicyclic amines) is 1. The molecule has 7 nitrogen and oxygen atoms in total. The third-order valence-corrected chi connectivity index (χ3v) is 5.63. The fraction of sp³-hybridized carbons (Fsp3) is 0.333. The van der Waals surface area contributed by atoms with E-state index in [9.17, 15) is 4.79 Å². The largest absolute Gasteiger partial charge is 0.492 e. The SMILES string of the molecule is Cn1nccc1-c1cc(NC(=O)COc2cccc(Cl)c2)ccc1OCCN1CCCC1. The summed E-state index contributed by atoms with van der Waals surface area (Å²) in [5.41, 5.74) is 2.44. The van der Waals surface area contributed by atoms with E-state index in [0.717, 1.165) is 36.6 Å². The van der Waals surface area contributed by atoms with Gasteiger partial charge in [0.2, 0.25) is 0 Å². The Balaban J connectivity index is 1.43. The molecule has 1 saturated heterocycles. The van der Waals surface area contributed by atoms with Crippen LogP contribution in [0.3, 0.4) is 0 Å². The van der Waals surface area contributed by atoms with Gasteiger partial charge in [-0.3, -0.25) is 14.4 Å². The smallest absolute Gasteiger partial charge is 0.262 e. The number of carbonyl (C=O) groups excluding carboxylic acids is 1. The lowest BCUT2D eigenvalue weighted by Gasteiger charge is -2.17. The molecular formula is C24H27ClN4O3. The summed E-state index contributed by atoms with van der Waals surface area (Å²) in [7, 11) is 1.88. The molecule has 2 aromatic carbocycles. The number of anilines is 1. The van der Waals surface area contributed by atoms with E-state index in [1.807, 2.05) is 31.3 Å². The van der Waals surface area contributed by atoms with Crippen LogP contribution in [-0.2, 0) is 11.8 Å². The van der Waals surface area contributed by atoms with E-state index in [4.69, 9.17) is 21.1 Å². The number of carbonyl (C=O) groups is 1. The molecule has 0 bridgehead atoms. The van der Waals surface area contributed by atoms with Gasteiger partial charge >= 0.3 is 0 Å². The van der Waals surface area contributed by atoms with Crippen molar-refractivity contribution >= 4 is 23.2 Å². The van der Waals surface area contributed by atoms with Gasteiger partial charge in [-0.1, -0.05) is 17.7 Å². The van der Waals surface area contributed by atoms with Crippen LogP contribution in [0.5, 0.6) is 11.5 Å². The number of nitrogens with one attached hydrogen (secondary N) is 1. The summed E-state index contributed by atoms with van der Waals surface area (Å²) in [6.07, 6.45) is 4.26. The fourth-order valence-electron chi connectivity index (χ4n) is 3.77. The molecule has 0 saturated carbocycles. The van der Waals surface area contributed by atoms with E-state index in [-0.39, 0.29) is 12.5 Å². The Labute approximate surface area is 192 Å². The highest BCUT2D eigenvalue weighted by Crippen LogP contribution is 2.32. The maximum atomic E-state index is 12.4. The van der Waals surface area contributed by atoms with Crippen LogP contribution in [0.25, 0.3) is 11.3 Å². The summed E-state index contributed by atoms with van der Waals surface area (Å²) in [4.78, 5) is 14.8. The van der Waals surface area contributed by atoms with Gasteiger partial charge in [0.15, 0.2) is 6.61 Å². The highest BCUT2D eigenvalue weighted by molar-refractivity contribution is 6.30. The van der Waals surface area contributed by atoms with Crippen molar-refractivity contribution < 1.29 is 14.3 Å². The van der Waals surface area contributed by atoms with Gasteiger partial charge in [-0.25, -0.2) is 0 Å². The first-order valence-electron chi connectivity index (χ1n) is 10.7. The topological polar surface area (TPSA) is 68.6 Å². The number of hydrogen-bond acceptors (Lipinski definition) is 5. The Morgan fingerprint density at radius 3 is 2.72 bits per heavy atom. The van der Waals surface area contributed by atoms with Crippen molar-refractivity contribution in [1.29, 1.82) is 0 Å². The zero-order chi connectivity index (χ0) is 22.3. The van der Waals surface area contributed by atoms with Gasteiger partial charge in [0.25, 0.3) is 5.91 Å². The molecule has 1 fully saturated rings. The molecule has 1 aromatic heterocycles. The van der Waals surface area contributed by atoms with Gasteiger partial charge in [0.05, 0.1) is 5.69 Å². The number of rotatable bonds is 9. The molecule has 2 heterocycles. The quantitative estimate of drug-likeness (QED) is 0.524. The Kier molecular flexibility index (Phi) is 7.29. The predicted molar refractivity (Wildman–Crippen MR) is 125 cm³/mol. The third-order valence-electron chi connectivity index (χ3n) is 5.39. The van der Waals surface area contributed by atoms with Gasteiger partial charge < -0.3 is 14.8 Å². The van der Waals surface area contributed by atoms with Crippen molar-refractivity contribution in [3.8, 4) is 22.8 Å². The van der Waals surface area contributed by atoms with E-state index in [1.54, 1.807) is 35.1 Å². The zero-order valence-electron chi connectivity index (χ0n) is 18.1. The first kappa shape index (κ1) is 22.2. The first-order chi connectivity index (χ1) is 15.6. The monoisotopic (exact) mass is 454 g/mol. The standard InChI is InChI=1S/C24H27ClN4O3/c1-28-22(9-10-26-28)21-16-19(7-8-23(21)31-14-13-29-11-2-3-12-29)27-24(30)17-32-20-6-4-5-18(25)15-20/h4-10,15-16H,2-3,11-14,17H2,1H3,(H,27,30). The Hall–Kier alpha value is -3.03. The van der Waals surface area contributed by atoms with Crippen LogP contribution >= 0.6 is 11.6 Å². The van der Waals surface area contributed by atoms with E-state index in [1.165, 1.54) is 12.8 Å². The number of benzene rings is 2. The number of hydrogen-bond donors (Lipinski definition) is 1. The summed E-state index contributed by atoms with van der Waals surface area (Å²) in [6.45, 7) is 3.68. The maximum Gasteiger partial charge on any atom is 0.262 e. The molecule has 3 aromatic rings. The van der Waals surface area contributed by atoms with Crippen molar-refractivity contribution in [1.82, 2.24) is 14.7 Å². The summed E-state index contributed by atoms with van der Waals surface area (Å²) >= 11 is 5.95. The molecule has 0 atom stereocenters. The number of aromatic nitrogens is 2. The Bertz CT molecular complexity index is 1060. The Morgan fingerprint density at radius 1 is 1.12 bits per heavy atom. The molecule has 1 aliphatic heterocycles. The fourth-order valence-corrected chi connectivity index (χ4v) is 3.95. The minimum atomic E-state index is -0.261. The maximum absolute atomic E-state index is 12.4. The van der Waals surface area contributed by atoms with Crippen LogP contribution in [-0.4, -0.2) is 53.4 Å². The van der Waals surface area contributed by atoms with Gasteiger partial charge in [-0.2, -0.15) is 5.10 Å². The van der Waals surface area contributed by atoms with Crippen molar-refractivity contribution in [2.45, 2.75) is 12.8 Å². The molecule has 0 unspecified atom stereocenters. The minimum absolute atomic E-state index is 0.116. The normalized spacial score (nSPS) is 13.8. The van der Waals surface area contributed by atoms with Crippen molar-refractivity contribution in [2.75, 3.05) is 38.2 Å². The molecule has 0 aliphatic carbocycles. The molecule has 168 valence electrons. The summed E-state index contributed by atoms with van der Waals surface area (Å²) in [6, 6.07) is 14.5. The third kappa shape index (κ3) is 5.81. The highest BCUT2D eigenvalue weighted by atomic mass is 35.5. The lowest BCUT2D eigenvalue weighted by molar-refractivity contribution is -0.118.